The van der Waals surface area contributed by atoms with Crippen LogP contribution in [0, 0.1) is 17.3 Å². The van der Waals surface area contributed by atoms with Crippen LogP contribution in [0.5, 0.6) is 0 Å². The monoisotopic (exact) mass is 267 g/mol. The Balaban J connectivity index is 1.90. The highest BCUT2D eigenvalue weighted by Gasteiger charge is 2.35. The van der Waals surface area contributed by atoms with Gasteiger partial charge in [-0.05, 0) is 36.5 Å². The molecule has 2 fully saturated rings. The molecule has 2 rings (SSSR count). The third kappa shape index (κ3) is 3.50. The molecule has 2 aliphatic rings. The van der Waals surface area contributed by atoms with Crippen molar-refractivity contribution >= 4 is 5.91 Å². The highest BCUT2D eigenvalue weighted by molar-refractivity contribution is 5.76. The molecule has 1 heterocycles. The van der Waals surface area contributed by atoms with Crippen LogP contribution >= 0.6 is 0 Å². The van der Waals surface area contributed by atoms with Crippen molar-refractivity contribution < 1.29 is 9.90 Å². The predicted molar refractivity (Wildman–Crippen MR) is 76.7 cm³/mol. The lowest BCUT2D eigenvalue weighted by atomic mass is 9.67. The number of carbonyl (C=O) groups excluding carboxylic acids is 1. The maximum atomic E-state index is 12.4. The maximum Gasteiger partial charge on any atom is 0.222 e. The summed E-state index contributed by atoms with van der Waals surface area (Å²) < 4.78 is 0. The number of hydrogen-bond donors (Lipinski definition) is 1. The van der Waals surface area contributed by atoms with E-state index in [0.717, 1.165) is 13.0 Å². The summed E-state index contributed by atoms with van der Waals surface area (Å²) in [4.78, 5) is 14.3. The summed E-state index contributed by atoms with van der Waals surface area (Å²) in [6.45, 7) is 8.03. The molecule has 110 valence electrons. The third-order valence-electron chi connectivity index (χ3n) is 5.42. The Hall–Kier alpha value is -0.570. The van der Waals surface area contributed by atoms with E-state index in [2.05, 4.69) is 20.8 Å². The standard InChI is InChI=1S/C16H29NO2/c1-12-7-9-17(11-14(12)18)15(19)10-13-6-4-5-8-16(13,2)3/h12-14,18H,4-11H2,1-3H3. The molecule has 0 aromatic rings. The van der Waals surface area contributed by atoms with Gasteiger partial charge >= 0.3 is 0 Å². The van der Waals surface area contributed by atoms with Crippen LogP contribution in [0.25, 0.3) is 0 Å². The molecule has 3 nitrogen and oxygen atoms in total. The summed E-state index contributed by atoms with van der Waals surface area (Å²) in [6, 6.07) is 0. The highest BCUT2D eigenvalue weighted by atomic mass is 16.3. The molecule has 0 spiro atoms. The van der Waals surface area contributed by atoms with E-state index < -0.39 is 0 Å². The van der Waals surface area contributed by atoms with Gasteiger partial charge in [-0.1, -0.05) is 33.6 Å². The smallest absolute Gasteiger partial charge is 0.222 e. The van der Waals surface area contributed by atoms with E-state index >= 15 is 0 Å². The quantitative estimate of drug-likeness (QED) is 0.836. The van der Waals surface area contributed by atoms with Gasteiger partial charge in [0, 0.05) is 19.5 Å². The number of nitrogens with zero attached hydrogens (tertiary/aromatic N) is 1. The van der Waals surface area contributed by atoms with Crippen LogP contribution in [0.2, 0.25) is 0 Å². The summed E-state index contributed by atoms with van der Waals surface area (Å²) in [6.07, 6.45) is 6.27. The summed E-state index contributed by atoms with van der Waals surface area (Å²) >= 11 is 0. The summed E-state index contributed by atoms with van der Waals surface area (Å²) in [5, 5.41) is 9.91. The number of β-amino-alcohol motifs (C(OH)–C–C–N with tert-alkyl or cyclic N) is 1. The molecule has 3 atom stereocenters. The first kappa shape index (κ1) is 14.8. The Kier molecular flexibility index (Phi) is 4.54. The zero-order chi connectivity index (χ0) is 14.0. The fourth-order valence-electron chi connectivity index (χ4n) is 3.56. The number of aliphatic hydroxyl groups excluding tert-OH is 1. The van der Waals surface area contributed by atoms with Crippen molar-refractivity contribution in [1.82, 2.24) is 4.90 Å². The zero-order valence-corrected chi connectivity index (χ0v) is 12.7. The van der Waals surface area contributed by atoms with Crippen molar-refractivity contribution in [1.29, 1.82) is 0 Å². The van der Waals surface area contributed by atoms with E-state index in [0.29, 0.717) is 30.2 Å². The van der Waals surface area contributed by atoms with Crippen molar-refractivity contribution in [3.05, 3.63) is 0 Å². The lowest BCUT2D eigenvalue weighted by molar-refractivity contribution is -0.137. The fraction of sp³-hybridized carbons (Fsp3) is 0.938. The molecule has 19 heavy (non-hydrogen) atoms. The minimum absolute atomic E-state index is 0.255. The van der Waals surface area contributed by atoms with Crippen LogP contribution in [0.15, 0.2) is 0 Å². The van der Waals surface area contributed by atoms with Gasteiger partial charge in [0.2, 0.25) is 5.91 Å². The van der Waals surface area contributed by atoms with Gasteiger partial charge in [0.15, 0.2) is 0 Å². The summed E-state index contributed by atoms with van der Waals surface area (Å²) in [5.41, 5.74) is 0.301. The number of rotatable bonds is 2. The molecule has 0 bridgehead atoms. The minimum Gasteiger partial charge on any atom is -0.391 e. The Morgan fingerprint density at radius 1 is 1.32 bits per heavy atom. The molecule has 1 aliphatic carbocycles. The zero-order valence-electron chi connectivity index (χ0n) is 12.7. The van der Waals surface area contributed by atoms with Crippen LogP contribution in [0.1, 0.15) is 59.3 Å². The SMILES string of the molecule is CC1CCN(C(=O)CC2CCCCC2(C)C)CC1O. The maximum absolute atomic E-state index is 12.4. The van der Waals surface area contributed by atoms with Gasteiger partial charge in [0.1, 0.15) is 0 Å². The van der Waals surface area contributed by atoms with Crippen LogP contribution in [-0.2, 0) is 4.79 Å². The van der Waals surface area contributed by atoms with Crippen LogP contribution < -0.4 is 0 Å². The second-order valence-corrected chi connectivity index (χ2v) is 7.31. The number of piperidine rings is 1. The molecular formula is C16H29NO2. The number of aliphatic hydroxyl groups is 1. The number of amides is 1. The average molecular weight is 267 g/mol. The van der Waals surface area contributed by atoms with E-state index in [9.17, 15) is 9.90 Å². The largest absolute Gasteiger partial charge is 0.391 e. The van der Waals surface area contributed by atoms with Crippen molar-refractivity contribution in [2.45, 2.75) is 65.4 Å². The normalized spacial score (nSPS) is 35.2. The molecule has 1 saturated heterocycles. The van der Waals surface area contributed by atoms with E-state index in [1.54, 1.807) is 0 Å². The van der Waals surface area contributed by atoms with E-state index in [-0.39, 0.29) is 12.0 Å². The van der Waals surface area contributed by atoms with Gasteiger partial charge in [0.05, 0.1) is 6.10 Å². The number of likely N-dealkylation sites (tertiary alicyclic amines) is 1. The molecule has 1 N–H and O–H groups in total. The van der Waals surface area contributed by atoms with E-state index in [1.165, 1.54) is 25.7 Å². The third-order valence-corrected chi connectivity index (χ3v) is 5.42. The first-order valence-electron chi connectivity index (χ1n) is 7.86. The van der Waals surface area contributed by atoms with Gasteiger partial charge in [-0.15, -0.1) is 0 Å². The predicted octanol–water partition coefficient (Wildman–Crippen LogP) is 2.82. The Morgan fingerprint density at radius 3 is 2.68 bits per heavy atom. The molecule has 1 saturated carbocycles. The summed E-state index contributed by atoms with van der Waals surface area (Å²) in [5.74, 6) is 1.10. The van der Waals surface area contributed by atoms with Crippen LogP contribution in [-0.4, -0.2) is 35.1 Å². The van der Waals surface area contributed by atoms with Gasteiger partial charge in [-0.2, -0.15) is 0 Å². The van der Waals surface area contributed by atoms with Crippen molar-refractivity contribution in [3.8, 4) is 0 Å². The second kappa shape index (κ2) is 5.82. The number of carbonyl (C=O) groups is 1. The topological polar surface area (TPSA) is 40.5 Å². The molecule has 3 unspecified atom stereocenters. The Labute approximate surface area is 117 Å². The molecule has 0 aromatic carbocycles. The van der Waals surface area contributed by atoms with Gasteiger partial charge in [0.25, 0.3) is 0 Å². The van der Waals surface area contributed by atoms with Crippen LogP contribution in [0.4, 0.5) is 0 Å². The molecule has 0 radical (unpaired) electrons. The summed E-state index contributed by atoms with van der Waals surface area (Å²) in [7, 11) is 0. The van der Waals surface area contributed by atoms with Crippen LogP contribution in [0.3, 0.4) is 0 Å². The molecule has 0 aromatic heterocycles. The first-order valence-corrected chi connectivity index (χ1v) is 7.86. The molecule has 1 amide bonds. The van der Waals surface area contributed by atoms with Gasteiger partial charge in [-0.25, -0.2) is 0 Å². The molecule has 1 aliphatic heterocycles. The van der Waals surface area contributed by atoms with Crippen molar-refractivity contribution in [2.24, 2.45) is 17.3 Å². The number of hydrogen-bond acceptors (Lipinski definition) is 2. The van der Waals surface area contributed by atoms with Gasteiger partial charge < -0.3 is 10.0 Å². The van der Waals surface area contributed by atoms with E-state index in [4.69, 9.17) is 0 Å². The molecule has 3 heteroatoms. The fourth-order valence-corrected chi connectivity index (χ4v) is 3.56. The highest BCUT2D eigenvalue weighted by Crippen LogP contribution is 2.42. The Bertz CT molecular complexity index is 327. The minimum atomic E-state index is -0.336. The Morgan fingerprint density at radius 2 is 2.05 bits per heavy atom. The molecular weight excluding hydrogens is 238 g/mol. The van der Waals surface area contributed by atoms with Crippen molar-refractivity contribution in [2.75, 3.05) is 13.1 Å². The van der Waals surface area contributed by atoms with Gasteiger partial charge in [-0.3, -0.25) is 4.79 Å². The van der Waals surface area contributed by atoms with Crippen molar-refractivity contribution in [3.63, 3.8) is 0 Å². The lowest BCUT2D eigenvalue weighted by Crippen LogP contribution is -2.47. The lowest BCUT2D eigenvalue weighted by Gasteiger charge is -2.40. The average Bonchev–Trinajstić information content (AvgIpc) is 2.35. The van der Waals surface area contributed by atoms with E-state index in [1.807, 2.05) is 4.90 Å². The first-order chi connectivity index (χ1) is 8.90. The second-order valence-electron chi connectivity index (χ2n) is 7.31.